The van der Waals surface area contributed by atoms with Crippen LogP contribution in [-0.4, -0.2) is 32.8 Å². The Morgan fingerprint density at radius 3 is 2.04 bits per heavy atom. The third-order valence-corrected chi connectivity index (χ3v) is 6.58. The van der Waals surface area contributed by atoms with E-state index in [9.17, 15) is 4.79 Å². The summed E-state index contributed by atoms with van der Waals surface area (Å²) < 4.78 is 16.3. The smallest absolute Gasteiger partial charge is 0.224 e. The lowest BCUT2D eigenvalue weighted by atomic mass is 9.53. The van der Waals surface area contributed by atoms with Crippen molar-refractivity contribution in [2.24, 2.45) is 17.8 Å². The molecule has 5 rings (SSSR count). The first kappa shape index (κ1) is 17.5. The summed E-state index contributed by atoms with van der Waals surface area (Å²) in [7, 11) is 4.77. The molecule has 0 radical (unpaired) electrons. The van der Waals surface area contributed by atoms with Crippen molar-refractivity contribution < 1.29 is 19.0 Å². The van der Waals surface area contributed by atoms with E-state index >= 15 is 0 Å². The summed E-state index contributed by atoms with van der Waals surface area (Å²) in [6, 6.07) is 3.72. The van der Waals surface area contributed by atoms with Crippen LogP contribution in [0.5, 0.6) is 17.2 Å². The number of rotatable bonds is 6. The minimum Gasteiger partial charge on any atom is -0.493 e. The maximum absolute atomic E-state index is 12.9. The molecule has 4 bridgehead atoms. The van der Waals surface area contributed by atoms with Gasteiger partial charge in [0.2, 0.25) is 11.7 Å². The number of carbonyl (C=O) groups is 1. The fourth-order valence-electron chi connectivity index (χ4n) is 6.08. The van der Waals surface area contributed by atoms with Crippen LogP contribution in [-0.2, 0) is 11.2 Å². The molecule has 0 saturated heterocycles. The zero-order valence-corrected chi connectivity index (χ0v) is 16.0. The minimum atomic E-state index is 0.0373. The number of ether oxygens (including phenoxy) is 3. The molecule has 4 fully saturated rings. The Morgan fingerprint density at radius 2 is 1.54 bits per heavy atom. The van der Waals surface area contributed by atoms with Gasteiger partial charge in [-0.2, -0.15) is 0 Å². The zero-order valence-electron chi connectivity index (χ0n) is 16.0. The molecule has 0 unspecified atom stereocenters. The third kappa shape index (κ3) is 3.01. The largest absolute Gasteiger partial charge is 0.493 e. The average molecular weight is 359 g/mol. The molecule has 26 heavy (non-hydrogen) atoms. The van der Waals surface area contributed by atoms with Crippen molar-refractivity contribution in [2.75, 3.05) is 21.3 Å². The van der Waals surface area contributed by atoms with E-state index in [0.29, 0.717) is 23.7 Å². The van der Waals surface area contributed by atoms with Crippen molar-refractivity contribution in [3.63, 3.8) is 0 Å². The summed E-state index contributed by atoms with van der Waals surface area (Å²) in [5.74, 6) is 4.25. The van der Waals surface area contributed by atoms with Gasteiger partial charge in [0.1, 0.15) is 0 Å². The monoisotopic (exact) mass is 359 g/mol. The first-order valence-electron chi connectivity index (χ1n) is 9.64. The summed E-state index contributed by atoms with van der Waals surface area (Å²) >= 11 is 0. The molecule has 4 saturated carbocycles. The fourth-order valence-corrected chi connectivity index (χ4v) is 6.08. The number of carbonyl (C=O) groups excluding carboxylic acids is 1. The number of hydrogen-bond acceptors (Lipinski definition) is 4. The number of benzene rings is 1. The van der Waals surface area contributed by atoms with Gasteiger partial charge in [-0.3, -0.25) is 4.79 Å². The van der Waals surface area contributed by atoms with E-state index in [-0.39, 0.29) is 11.4 Å². The van der Waals surface area contributed by atoms with Crippen LogP contribution in [0.4, 0.5) is 0 Å². The summed E-state index contributed by atoms with van der Waals surface area (Å²) in [5, 5.41) is 3.42. The number of amides is 1. The summed E-state index contributed by atoms with van der Waals surface area (Å²) in [4.78, 5) is 12.9. The van der Waals surface area contributed by atoms with E-state index in [1.165, 1.54) is 19.3 Å². The highest BCUT2D eigenvalue weighted by atomic mass is 16.5. The van der Waals surface area contributed by atoms with Gasteiger partial charge in [0, 0.05) is 11.1 Å². The van der Waals surface area contributed by atoms with Crippen molar-refractivity contribution in [1.29, 1.82) is 0 Å². The molecule has 5 heteroatoms. The van der Waals surface area contributed by atoms with Gasteiger partial charge in [0.15, 0.2) is 11.5 Å². The minimum absolute atomic E-state index is 0.0373. The first-order chi connectivity index (χ1) is 12.6. The van der Waals surface area contributed by atoms with E-state index in [0.717, 1.165) is 42.6 Å². The van der Waals surface area contributed by atoms with Gasteiger partial charge in [-0.25, -0.2) is 0 Å². The SMILES string of the molecule is COc1ccc(CC(=O)NC23CC4CC(CC(C4)C2)C3)c(OC)c1OC. The highest BCUT2D eigenvalue weighted by Gasteiger charge is 2.51. The standard InChI is InChI=1S/C21H29NO4/c1-24-17-5-4-16(19(25-2)20(17)26-3)9-18(23)22-21-10-13-6-14(11-21)8-15(7-13)12-21/h4-5,13-15H,6-12H2,1-3H3,(H,22,23). The summed E-state index contributed by atoms with van der Waals surface area (Å²) in [6.07, 6.45) is 7.90. The van der Waals surface area contributed by atoms with Crippen LogP contribution in [0.3, 0.4) is 0 Å². The van der Waals surface area contributed by atoms with Crippen molar-refractivity contribution >= 4 is 5.91 Å². The molecule has 142 valence electrons. The Morgan fingerprint density at radius 1 is 0.962 bits per heavy atom. The van der Waals surface area contributed by atoms with Gasteiger partial charge in [-0.15, -0.1) is 0 Å². The lowest BCUT2D eigenvalue weighted by Crippen LogP contribution is -2.60. The van der Waals surface area contributed by atoms with Gasteiger partial charge < -0.3 is 19.5 Å². The predicted octanol–water partition coefficient (Wildman–Crippen LogP) is 3.34. The molecule has 0 aliphatic heterocycles. The van der Waals surface area contributed by atoms with Crippen molar-refractivity contribution in [3.05, 3.63) is 17.7 Å². The van der Waals surface area contributed by atoms with Crippen LogP contribution < -0.4 is 19.5 Å². The third-order valence-electron chi connectivity index (χ3n) is 6.58. The van der Waals surface area contributed by atoms with Crippen LogP contribution in [0.1, 0.15) is 44.1 Å². The molecule has 1 aromatic carbocycles. The Hall–Kier alpha value is -1.91. The van der Waals surface area contributed by atoms with E-state index in [4.69, 9.17) is 14.2 Å². The molecular weight excluding hydrogens is 330 g/mol. The van der Waals surface area contributed by atoms with Crippen LogP contribution in [0, 0.1) is 17.8 Å². The molecular formula is C21H29NO4. The maximum atomic E-state index is 12.9. The molecule has 4 aliphatic carbocycles. The van der Waals surface area contributed by atoms with Crippen molar-refractivity contribution in [3.8, 4) is 17.2 Å². The van der Waals surface area contributed by atoms with Crippen LogP contribution in [0.2, 0.25) is 0 Å². The predicted molar refractivity (Wildman–Crippen MR) is 98.8 cm³/mol. The second-order valence-corrected chi connectivity index (χ2v) is 8.42. The Balaban J connectivity index is 1.50. The maximum Gasteiger partial charge on any atom is 0.224 e. The average Bonchev–Trinajstić information content (AvgIpc) is 2.59. The van der Waals surface area contributed by atoms with Crippen molar-refractivity contribution in [1.82, 2.24) is 5.32 Å². The zero-order chi connectivity index (χ0) is 18.3. The van der Waals surface area contributed by atoms with Crippen molar-refractivity contribution in [2.45, 2.75) is 50.5 Å². The van der Waals surface area contributed by atoms with Crippen LogP contribution in [0.15, 0.2) is 12.1 Å². The molecule has 1 N–H and O–H groups in total. The van der Waals surface area contributed by atoms with E-state index in [1.54, 1.807) is 21.3 Å². The molecule has 0 aromatic heterocycles. The van der Waals surface area contributed by atoms with E-state index < -0.39 is 0 Å². The number of nitrogens with one attached hydrogen (secondary N) is 1. The normalized spacial score (nSPS) is 31.6. The van der Waals surface area contributed by atoms with Gasteiger partial charge in [-0.05, 0) is 62.3 Å². The van der Waals surface area contributed by atoms with Crippen LogP contribution in [0.25, 0.3) is 0 Å². The number of hydrogen-bond donors (Lipinski definition) is 1. The van der Waals surface area contributed by atoms with Gasteiger partial charge in [0.25, 0.3) is 0 Å². The van der Waals surface area contributed by atoms with Gasteiger partial charge in [-0.1, -0.05) is 6.07 Å². The molecule has 0 atom stereocenters. The summed E-state index contributed by atoms with van der Waals surface area (Å²) in [5.41, 5.74) is 0.864. The highest BCUT2D eigenvalue weighted by molar-refractivity contribution is 5.81. The molecule has 5 nitrogen and oxygen atoms in total. The molecule has 1 amide bonds. The molecule has 0 heterocycles. The highest BCUT2D eigenvalue weighted by Crippen LogP contribution is 2.55. The molecule has 4 aliphatic rings. The molecule has 1 aromatic rings. The Labute approximate surface area is 155 Å². The quantitative estimate of drug-likeness (QED) is 0.846. The lowest BCUT2D eigenvalue weighted by molar-refractivity contribution is -0.126. The lowest BCUT2D eigenvalue weighted by Gasteiger charge is -2.56. The fraction of sp³-hybridized carbons (Fsp3) is 0.667. The summed E-state index contributed by atoms with van der Waals surface area (Å²) in [6.45, 7) is 0. The van der Waals surface area contributed by atoms with E-state index in [1.807, 2.05) is 12.1 Å². The van der Waals surface area contributed by atoms with Crippen LogP contribution >= 0.6 is 0 Å². The number of methoxy groups -OCH3 is 3. The Kier molecular flexibility index (Phi) is 4.49. The van der Waals surface area contributed by atoms with Gasteiger partial charge >= 0.3 is 0 Å². The second kappa shape index (κ2) is 6.67. The second-order valence-electron chi connectivity index (χ2n) is 8.42. The Bertz CT molecular complexity index is 664. The van der Waals surface area contributed by atoms with E-state index in [2.05, 4.69) is 5.32 Å². The topological polar surface area (TPSA) is 56.8 Å². The molecule has 0 spiro atoms. The van der Waals surface area contributed by atoms with Gasteiger partial charge in [0.05, 0.1) is 27.8 Å². The first-order valence-corrected chi connectivity index (χ1v) is 9.64.